The zero-order chi connectivity index (χ0) is 28.0. The number of rotatable bonds is 5. The van der Waals surface area contributed by atoms with E-state index in [-0.39, 0.29) is 11.5 Å². The molecule has 2 aromatic carbocycles. The number of thiophene rings is 1. The van der Waals surface area contributed by atoms with Crippen LogP contribution >= 0.6 is 22.7 Å². The number of anilines is 1. The number of aromatic nitrogens is 3. The third-order valence-corrected chi connectivity index (χ3v) is 9.00. The van der Waals surface area contributed by atoms with Crippen molar-refractivity contribution in [2.24, 2.45) is 4.99 Å². The molecule has 1 amide bonds. The molecule has 4 heterocycles. The molecule has 3 aromatic heterocycles. The van der Waals surface area contributed by atoms with Gasteiger partial charge in [-0.25, -0.2) is 9.67 Å². The van der Waals surface area contributed by atoms with E-state index in [1.807, 2.05) is 111 Å². The van der Waals surface area contributed by atoms with Crippen LogP contribution in [-0.4, -0.2) is 20.3 Å². The molecule has 7 nitrogen and oxygen atoms in total. The number of aryl methyl sites for hydroxylation is 2. The Morgan fingerprint density at radius 1 is 0.975 bits per heavy atom. The largest absolute Gasteiger partial charge is 0.322 e. The van der Waals surface area contributed by atoms with Gasteiger partial charge in [0.1, 0.15) is 6.04 Å². The number of para-hydroxylation sites is 2. The summed E-state index contributed by atoms with van der Waals surface area (Å²) in [7, 11) is 0. The summed E-state index contributed by atoms with van der Waals surface area (Å²) in [4.78, 5) is 34.0. The second-order valence-corrected chi connectivity index (χ2v) is 11.7. The van der Waals surface area contributed by atoms with Crippen LogP contribution in [0, 0.1) is 20.8 Å². The Labute approximate surface area is 239 Å². The monoisotopic (exact) mass is 565 g/mol. The second kappa shape index (κ2) is 10.3. The highest BCUT2D eigenvalue weighted by molar-refractivity contribution is 7.10. The Morgan fingerprint density at radius 3 is 2.45 bits per heavy atom. The molecule has 0 saturated carbocycles. The summed E-state index contributed by atoms with van der Waals surface area (Å²) in [5.74, 6) is -0.265. The highest BCUT2D eigenvalue weighted by atomic mass is 32.1. The molecule has 200 valence electrons. The van der Waals surface area contributed by atoms with E-state index in [4.69, 9.17) is 10.1 Å². The number of fused-ring (bicyclic) bond motifs is 1. The van der Waals surface area contributed by atoms with E-state index in [0.717, 1.165) is 38.8 Å². The van der Waals surface area contributed by atoms with E-state index in [1.54, 1.807) is 4.57 Å². The van der Waals surface area contributed by atoms with Gasteiger partial charge in [-0.1, -0.05) is 53.8 Å². The van der Waals surface area contributed by atoms with Gasteiger partial charge >= 0.3 is 0 Å². The van der Waals surface area contributed by atoms with Crippen molar-refractivity contribution in [3.05, 3.63) is 130 Å². The van der Waals surface area contributed by atoms with Crippen molar-refractivity contribution >= 4 is 40.3 Å². The number of thiazole rings is 1. The van der Waals surface area contributed by atoms with Crippen molar-refractivity contribution in [3.8, 4) is 5.69 Å². The molecule has 9 heteroatoms. The lowest BCUT2D eigenvalue weighted by Crippen LogP contribution is -2.40. The molecule has 0 fully saturated rings. The summed E-state index contributed by atoms with van der Waals surface area (Å²) >= 11 is 2.85. The van der Waals surface area contributed by atoms with Crippen LogP contribution in [0.5, 0.6) is 0 Å². The third-order valence-electron chi connectivity index (χ3n) is 7.10. The first-order chi connectivity index (χ1) is 19.3. The average Bonchev–Trinajstić information content (AvgIpc) is 3.65. The molecule has 0 radical (unpaired) electrons. The molecule has 40 heavy (non-hydrogen) atoms. The van der Waals surface area contributed by atoms with Crippen molar-refractivity contribution in [2.75, 3.05) is 5.32 Å². The van der Waals surface area contributed by atoms with Gasteiger partial charge in [0.25, 0.3) is 11.5 Å². The second-order valence-electron chi connectivity index (χ2n) is 9.70. The minimum Gasteiger partial charge on any atom is -0.322 e. The number of hydrogen-bond acceptors (Lipinski definition) is 6. The molecule has 1 N–H and O–H groups in total. The van der Waals surface area contributed by atoms with E-state index >= 15 is 0 Å². The van der Waals surface area contributed by atoms with E-state index in [0.29, 0.717) is 20.6 Å². The number of allylic oxidation sites excluding steroid dienone is 1. The first kappa shape index (κ1) is 25.9. The summed E-state index contributed by atoms with van der Waals surface area (Å²) in [5.41, 5.74) is 6.21. The lowest BCUT2D eigenvalue weighted by Gasteiger charge is -2.24. The van der Waals surface area contributed by atoms with Gasteiger partial charge in [-0.2, -0.15) is 5.10 Å². The Morgan fingerprint density at radius 2 is 1.73 bits per heavy atom. The van der Waals surface area contributed by atoms with Gasteiger partial charge < -0.3 is 5.32 Å². The Balaban J connectivity index is 1.48. The molecular weight excluding hydrogens is 539 g/mol. The number of carbonyl (C=O) groups excluding carboxylic acids is 1. The number of amides is 1. The SMILES string of the molecule is CC1=C(C(=O)Nc2ccccc2C)[C@H](c2cccs2)n2c(s/c(=C/c3c(C)nn(-c4ccccc4)c3C)c2=O)=N1. The van der Waals surface area contributed by atoms with Crippen LogP contribution in [0.15, 0.2) is 93.2 Å². The molecule has 0 spiro atoms. The van der Waals surface area contributed by atoms with Gasteiger partial charge in [0.05, 0.1) is 27.2 Å². The molecule has 0 saturated heterocycles. The quantitative estimate of drug-likeness (QED) is 0.324. The van der Waals surface area contributed by atoms with E-state index in [2.05, 4.69) is 5.32 Å². The summed E-state index contributed by atoms with van der Waals surface area (Å²) in [6, 6.07) is 20.9. The van der Waals surface area contributed by atoms with Gasteiger partial charge in [-0.15, -0.1) is 11.3 Å². The van der Waals surface area contributed by atoms with Crippen molar-refractivity contribution in [1.29, 1.82) is 0 Å². The van der Waals surface area contributed by atoms with Crippen LogP contribution < -0.4 is 20.2 Å². The van der Waals surface area contributed by atoms with Gasteiger partial charge in [0, 0.05) is 21.8 Å². The third kappa shape index (κ3) is 4.47. The Hall–Kier alpha value is -4.34. The van der Waals surface area contributed by atoms with Crippen LogP contribution in [-0.2, 0) is 4.79 Å². The molecule has 1 aliphatic rings. The minimum atomic E-state index is -0.573. The van der Waals surface area contributed by atoms with Crippen LogP contribution in [0.3, 0.4) is 0 Å². The van der Waals surface area contributed by atoms with Crippen LogP contribution in [0.2, 0.25) is 0 Å². The standard InChI is InChI=1S/C31H27N5O2S2/c1-18-11-8-9-14-24(18)33-29(37)27-20(3)32-31-35(28(27)25-15-10-16-39-25)30(38)26(40-31)17-23-19(2)34-36(21(23)4)22-12-6-5-7-13-22/h5-17,28H,1-4H3,(H,33,37)/b26-17+/t28-/m0/s1. The van der Waals surface area contributed by atoms with Crippen molar-refractivity contribution in [2.45, 2.75) is 33.7 Å². The lowest BCUT2D eigenvalue weighted by molar-refractivity contribution is -0.113. The first-order valence-electron chi connectivity index (χ1n) is 12.9. The zero-order valence-corrected chi connectivity index (χ0v) is 24.1. The maximum Gasteiger partial charge on any atom is 0.271 e. The number of nitrogens with one attached hydrogen (secondary N) is 1. The summed E-state index contributed by atoms with van der Waals surface area (Å²) in [6.07, 6.45) is 1.90. The van der Waals surface area contributed by atoms with Crippen molar-refractivity contribution < 1.29 is 4.79 Å². The molecule has 5 aromatic rings. The first-order valence-corrected chi connectivity index (χ1v) is 14.6. The average molecular weight is 566 g/mol. The smallest absolute Gasteiger partial charge is 0.271 e. The number of benzene rings is 2. The summed E-state index contributed by atoms with van der Waals surface area (Å²) < 4.78 is 4.10. The van der Waals surface area contributed by atoms with E-state index in [1.165, 1.54) is 22.7 Å². The number of nitrogens with zero attached hydrogens (tertiary/aromatic N) is 4. The van der Waals surface area contributed by atoms with Crippen LogP contribution in [0.1, 0.15) is 40.4 Å². The molecule has 1 atom stereocenters. The number of carbonyl (C=O) groups is 1. The Kier molecular flexibility index (Phi) is 6.69. The summed E-state index contributed by atoms with van der Waals surface area (Å²) in [5, 5.41) is 9.75. The van der Waals surface area contributed by atoms with Gasteiger partial charge in [0.15, 0.2) is 4.80 Å². The molecule has 0 aliphatic carbocycles. The van der Waals surface area contributed by atoms with Crippen LogP contribution in [0.4, 0.5) is 5.69 Å². The molecule has 1 aliphatic heterocycles. The zero-order valence-electron chi connectivity index (χ0n) is 22.5. The molecule has 0 unspecified atom stereocenters. The fraction of sp³-hybridized carbons (Fsp3) is 0.161. The topological polar surface area (TPSA) is 81.3 Å². The van der Waals surface area contributed by atoms with E-state index < -0.39 is 6.04 Å². The maximum atomic E-state index is 14.0. The van der Waals surface area contributed by atoms with Gasteiger partial charge in [-0.05, 0) is 69.0 Å². The summed E-state index contributed by atoms with van der Waals surface area (Å²) in [6.45, 7) is 7.74. The fourth-order valence-corrected chi connectivity index (χ4v) is 6.90. The van der Waals surface area contributed by atoms with Gasteiger partial charge in [0.2, 0.25) is 0 Å². The fourth-order valence-electron chi connectivity index (χ4n) is 5.05. The lowest BCUT2D eigenvalue weighted by atomic mass is 10.0. The maximum absolute atomic E-state index is 14.0. The predicted molar refractivity (Wildman–Crippen MR) is 161 cm³/mol. The van der Waals surface area contributed by atoms with Gasteiger partial charge in [-0.3, -0.25) is 14.2 Å². The molecular formula is C31H27N5O2S2. The predicted octanol–water partition coefficient (Wildman–Crippen LogP) is 5.05. The highest BCUT2D eigenvalue weighted by Crippen LogP contribution is 2.33. The normalized spacial score (nSPS) is 15.2. The number of hydrogen-bond donors (Lipinski definition) is 1. The van der Waals surface area contributed by atoms with Crippen molar-refractivity contribution in [3.63, 3.8) is 0 Å². The Bertz CT molecular complexity index is 1960. The van der Waals surface area contributed by atoms with Crippen LogP contribution in [0.25, 0.3) is 11.8 Å². The molecule has 6 rings (SSSR count). The van der Waals surface area contributed by atoms with E-state index in [9.17, 15) is 9.59 Å². The minimum absolute atomic E-state index is 0.179. The molecule has 0 bridgehead atoms. The highest BCUT2D eigenvalue weighted by Gasteiger charge is 2.33. The van der Waals surface area contributed by atoms with Crippen molar-refractivity contribution in [1.82, 2.24) is 14.3 Å².